The Bertz CT molecular complexity index is 720. The fourth-order valence-electron chi connectivity index (χ4n) is 3.03. The molecule has 0 spiro atoms. The molecule has 0 saturated carbocycles. The maximum absolute atomic E-state index is 5.29. The zero-order valence-electron chi connectivity index (χ0n) is 15.8. The van der Waals surface area contributed by atoms with Crippen molar-refractivity contribution < 1.29 is 26.5 Å². The summed E-state index contributed by atoms with van der Waals surface area (Å²) in [5, 5.41) is 0. The first-order valence-corrected chi connectivity index (χ1v) is 10.8. The van der Waals surface area contributed by atoms with Gasteiger partial charge in [-0.2, -0.15) is 19.6 Å². The van der Waals surface area contributed by atoms with Gasteiger partial charge in [0.05, 0.1) is 26.4 Å². The molecule has 2 saturated heterocycles. The molecule has 163 valence electrons. The molecule has 0 bridgehead atoms. The standard InChI is InChI=1S/2C10H13NOS2.Cu/c2*13-9-2-1-8(7-10(9)14)11-3-5-12-6-4-11;/h2*1-2,7,13-14H,3-6H2;/p-4. The second kappa shape index (κ2) is 12.3. The topological polar surface area (TPSA) is 24.9 Å². The van der Waals surface area contributed by atoms with E-state index in [0.717, 1.165) is 83.6 Å². The van der Waals surface area contributed by atoms with Crippen LogP contribution in [0.4, 0.5) is 11.4 Å². The van der Waals surface area contributed by atoms with Crippen LogP contribution in [0.25, 0.3) is 0 Å². The Morgan fingerprint density at radius 2 is 0.897 bits per heavy atom. The molecule has 9 heteroatoms. The molecule has 4 nitrogen and oxygen atoms in total. The van der Waals surface area contributed by atoms with Crippen molar-refractivity contribution in [1.82, 2.24) is 0 Å². The molecular weight excluding hydrogens is 492 g/mol. The third kappa shape index (κ3) is 7.22. The molecule has 29 heavy (non-hydrogen) atoms. The first-order valence-electron chi connectivity index (χ1n) is 9.16. The van der Waals surface area contributed by atoms with Gasteiger partial charge in [0, 0.05) is 54.6 Å². The Morgan fingerprint density at radius 1 is 0.552 bits per heavy atom. The molecule has 1 radical (unpaired) electrons. The Morgan fingerprint density at radius 3 is 1.21 bits per heavy atom. The van der Waals surface area contributed by atoms with E-state index in [1.54, 1.807) is 0 Å². The number of benzene rings is 2. The summed E-state index contributed by atoms with van der Waals surface area (Å²) in [5.74, 6) is 0. The van der Waals surface area contributed by atoms with E-state index in [2.05, 4.69) is 9.80 Å². The molecule has 2 aromatic rings. The monoisotopic (exact) mass is 513 g/mol. The summed E-state index contributed by atoms with van der Waals surface area (Å²) < 4.78 is 10.6. The molecule has 2 aliphatic rings. The van der Waals surface area contributed by atoms with Crippen LogP contribution in [-0.2, 0) is 77.1 Å². The number of hydrogen-bond donors (Lipinski definition) is 0. The first kappa shape index (κ1) is 24.6. The van der Waals surface area contributed by atoms with Crippen molar-refractivity contribution in [3.8, 4) is 0 Å². The summed E-state index contributed by atoms with van der Waals surface area (Å²) in [6, 6.07) is 11.8. The van der Waals surface area contributed by atoms with Gasteiger partial charge >= 0.3 is 0 Å². The van der Waals surface area contributed by atoms with Gasteiger partial charge in [0.25, 0.3) is 0 Å². The van der Waals surface area contributed by atoms with Crippen LogP contribution < -0.4 is 9.80 Å². The number of rotatable bonds is 2. The second-order valence-electron chi connectivity index (χ2n) is 6.46. The molecule has 0 aromatic heterocycles. The molecule has 2 fully saturated rings. The molecule has 0 atom stereocenters. The fraction of sp³-hybridized carbons (Fsp3) is 0.400. The van der Waals surface area contributed by atoms with Crippen molar-refractivity contribution in [2.45, 2.75) is 19.6 Å². The first-order chi connectivity index (χ1) is 13.5. The predicted octanol–water partition coefficient (Wildman–Crippen LogP) is 2.67. The van der Waals surface area contributed by atoms with Crippen molar-refractivity contribution in [3.63, 3.8) is 0 Å². The molecule has 2 aliphatic heterocycles. The smallest absolute Gasteiger partial charge is 0.0642 e. The number of ether oxygens (including phenoxy) is 2. The predicted molar refractivity (Wildman–Crippen MR) is 121 cm³/mol. The van der Waals surface area contributed by atoms with Gasteiger partial charge in [0.15, 0.2) is 0 Å². The van der Waals surface area contributed by atoms with E-state index in [4.69, 9.17) is 60.0 Å². The normalized spacial score (nSPS) is 16.4. The molecule has 0 amide bonds. The maximum atomic E-state index is 5.29. The Balaban J connectivity index is 0.000000200. The van der Waals surface area contributed by atoms with Crippen LogP contribution in [0.2, 0.25) is 0 Å². The van der Waals surface area contributed by atoms with Crippen LogP contribution >= 0.6 is 0 Å². The van der Waals surface area contributed by atoms with E-state index in [0.29, 0.717) is 0 Å². The van der Waals surface area contributed by atoms with E-state index >= 15 is 0 Å². The number of hydrogen-bond acceptors (Lipinski definition) is 8. The van der Waals surface area contributed by atoms with Gasteiger partial charge < -0.3 is 69.8 Å². The summed E-state index contributed by atoms with van der Waals surface area (Å²) in [4.78, 5) is 7.60. The quantitative estimate of drug-likeness (QED) is 0.446. The molecule has 2 heterocycles. The average Bonchev–Trinajstić information content (AvgIpc) is 2.74. The molecule has 0 aliphatic carbocycles. The van der Waals surface area contributed by atoms with Gasteiger partial charge in [-0.25, -0.2) is 0 Å². The van der Waals surface area contributed by atoms with Crippen molar-refractivity contribution in [1.29, 1.82) is 0 Å². The minimum atomic E-state index is 0. The van der Waals surface area contributed by atoms with E-state index in [1.165, 1.54) is 0 Å². The van der Waals surface area contributed by atoms with Crippen molar-refractivity contribution in [2.75, 3.05) is 62.4 Å². The molecule has 0 N–H and O–H groups in total. The number of nitrogens with zero attached hydrogens (tertiary/aromatic N) is 2. The van der Waals surface area contributed by atoms with E-state index < -0.39 is 0 Å². The Labute approximate surface area is 205 Å². The van der Waals surface area contributed by atoms with Crippen molar-refractivity contribution >= 4 is 61.9 Å². The number of anilines is 2. The van der Waals surface area contributed by atoms with Gasteiger partial charge in [-0.1, -0.05) is 24.3 Å². The van der Waals surface area contributed by atoms with Crippen molar-refractivity contribution in [2.24, 2.45) is 0 Å². The van der Waals surface area contributed by atoms with Gasteiger partial charge in [0.1, 0.15) is 0 Å². The average molecular weight is 514 g/mol. The third-order valence-corrected chi connectivity index (χ3v) is 6.25. The van der Waals surface area contributed by atoms with Crippen LogP contribution in [0.3, 0.4) is 0 Å². The van der Waals surface area contributed by atoms with Crippen LogP contribution in [0.5, 0.6) is 0 Å². The summed E-state index contributed by atoms with van der Waals surface area (Å²) in [6.07, 6.45) is 0. The molecular formula is C20H22CuN2O2S4-4. The van der Waals surface area contributed by atoms with E-state index in [9.17, 15) is 0 Å². The summed E-state index contributed by atoms with van der Waals surface area (Å²) >= 11 is 20.4. The van der Waals surface area contributed by atoms with Gasteiger partial charge in [0.2, 0.25) is 0 Å². The Hall–Kier alpha value is -0.641. The summed E-state index contributed by atoms with van der Waals surface area (Å²) in [5.41, 5.74) is 2.32. The maximum Gasteiger partial charge on any atom is 0.0642 e. The van der Waals surface area contributed by atoms with Crippen LogP contribution in [-0.4, -0.2) is 52.6 Å². The minimum absolute atomic E-state index is 0. The molecule has 0 unspecified atom stereocenters. The third-order valence-electron chi connectivity index (χ3n) is 4.61. The fourth-order valence-corrected chi connectivity index (χ4v) is 3.66. The minimum Gasteiger partial charge on any atom is -0.781 e. The van der Waals surface area contributed by atoms with Gasteiger partial charge in [-0.05, 0) is 12.1 Å². The largest absolute Gasteiger partial charge is 0.781 e. The molecule has 4 rings (SSSR count). The van der Waals surface area contributed by atoms with E-state index in [1.807, 2.05) is 36.4 Å². The van der Waals surface area contributed by atoms with Crippen LogP contribution in [0.1, 0.15) is 0 Å². The van der Waals surface area contributed by atoms with Gasteiger partial charge in [-0.15, -0.1) is 0 Å². The summed E-state index contributed by atoms with van der Waals surface area (Å²) in [7, 11) is 0. The molecule has 2 aromatic carbocycles. The SMILES string of the molecule is [Cu].[S-]c1ccc(N2CCOCC2)cc1[S-].[S-]c1ccc(N2CCOCC2)cc1[S-]. The second-order valence-corrected chi connectivity index (χ2v) is 8.22. The van der Waals surface area contributed by atoms with Crippen molar-refractivity contribution in [3.05, 3.63) is 36.4 Å². The zero-order valence-corrected chi connectivity index (χ0v) is 20.0. The zero-order chi connectivity index (χ0) is 19.9. The van der Waals surface area contributed by atoms with Crippen LogP contribution in [0.15, 0.2) is 56.0 Å². The van der Waals surface area contributed by atoms with E-state index in [-0.39, 0.29) is 17.1 Å². The Kier molecular flexibility index (Phi) is 10.4. The van der Waals surface area contributed by atoms with Crippen LogP contribution in [0, 0.1) is 0 Å². The number of morpholine rings is 2. The van der Waals surface area contributed by atoms with Gasteiger partial charge in [-0.3, -0.25) is 0 Å². The summed E-state index contributed by atoms with van der Waals surface area (Å²) in [6.45, 7) is 6.92.